The number of amides is 1. The van der Waals surface area contributed by atoms with E-state index in [0.29, 0.717) is 17.9 Å². The highest BCUT2D eigenvalue weighted by atomic mass is 28.3. The lowest BCUT2D eigenvalue weighted by atomic mass is 9.95. The number of rotatable bonds is 13. The maximum atomic E-state index is 12.6. The fourth-order valence-corrected chi connectivity index (χ4v) is 11.2. The molecule has 5 atom stereocenters. The number of carbonyl (C=O) groups excluding carboxylic acids is 1. The van der Waals surface area contributed by atoms with Gasteiger partial charge in [0.05, 0.1) is 39.1 Å². The molecule has 0 aliphatic carbocycles. The van der Waals surface area contributed by atoms with Crippen LogP contribution in [0.3, 0.4) is 0 Å². The molecule has 0 radical (unpaired) electrons. The molecule has 0 saturated carbocycles. The van der Waals surface area contributed by atoms with E-state index in [-0.39, 0.29) is 30.8 Å². The number of anilines is 1. The zero-order valence-corrected chi connectivity index (χ0v) is 27.0. The van der Waals surface area contributed by atoms with Crippen LogP contribution in [-0.2, 0) is 28.9 Å². The van der Waals surface area contributed by atoms with E-state index in [1.165, 1.54) is 10.8 Å². The third-order valence-electron chi connectivity index (χ3n) is 9.46. The molecule has 0 spiro atoms. The molecule has 2 saturated heterocycles. The van der Waals surface area contributed by atoms with Crippen molar-refractivity contribution >= 4 is 24.9 Å². The first-order valence-corrected chi connectivity index (χ1v) is 18.8. The first-order chi connectivity index (χ1) is 20.8. The molecule has 0 unspecified atom stereocenters. The van der Waals surface area contributed by atoms with Crippen LogP contribution < -0.4 is 20.6 Å². The number of aryl methyl sites for hydroxylation is 2. The number of carbonyl (C=O) groups is 1. The average molecular weight is 606 g/mol. The van der Waals surface area contributed by atoms with Crippen LogP contribution >= 0.6 is 0 Å². The number of benzene rings is 2. The van der Waals surface area contributed by atoms with E-state index in [9.17, 15) is 9.90 Å². The Labute approximate surface area is 256 Å². The lowest BCUT2D eigenvalue weighted by Crippen LogP contribution is -2.50. The number of hydrogen-bond acceptors (Lipinski definition) is 7. The molecule has 3 N–H and O–H groups in total. The number of ether oxygens (including phenoxy) is 2. The highest BCUT2D eigenvalue weighted by Crippen LogP contribution is 2.46. The monoisotopic (exact) mass is 605 g/mol. The number of nitrogens with zero attached hydrogens (tertiary/aromatic N) is 3. The van der Waals surface area contributed by atoms with Gasteiger partial charge in [0.1, 0.15) is 5.75 Å². The van der Waals surface area contributed by atoms with Gasteiger partial charge in [0.25, 0.3) is 0 Å². The Morgan fingerprint density at radius 3 is 2.70 bits per heavy atom. The zero-order valence-electron chi connectivity index (χ0n) is 26.0. The molecule has 3 aromatic rings. The van der Waals surface area contributed by atoms with Crippen molar-refractivity contribution in [3.05, 3.63) is 66.0 Å². The van der Waals surface area contributed by atoms with Gasteiger partial charge in [-0.05, 0) is 79.9 Å². The van der Waals surface area contributed by atoms with Crippen molar-refractivity contribution in [1.29, 1.82) is 0 Å². The Morgan fingerprint density at radius 2 is 1.98 bits per heavy atom. The molecule has 2 aromatic carbocycles. The second-order valence-electron chi connectivity index (χ2n) is 12.7. The SMILES string of the molecule is COc1ccc([Si](C)(C)[C@H]2[C@H](C)[C@H](CCc3cccc(NC(=O)[C@H]4CCCN4)c3)O[C@@H]2CCn2cc(CCO)nn2)cc1. The maximum absolute atomic E-state index is 12.6. The summed E-state index contributed by atoms with van der Waals surface area (Å²) >= 11 is 0. The van der Waals surface area contributed by atoms with Crippen LogP contribution in [0.1, 0.15) is 43.9 Å². The van der Waals surface area contributed by atoms with Crippen molar-refractivity contribution in [2.45, 2.75) is 88.9 Å². The van der Waals surface area contributed by atoms with E-state index in [4.69, 9.17) is 9.47 Å². The topological polar surface area (TPSA) is 111 Å². The van der Waals surface area contributed by atoms with E-state index in [2.05, 4.69) is 77.4 Å². The normalized spacial score (nSPS) is 23.9. The van der Waals surface area contributed by atoms with Crippen molar-refractivity contribution in [2.75, 3.05) is 25.6 Å². The largest absolute Gasteiger partial charge is 0.497 e. The van der Waals surface area contributed by atoms with Crippen molar-refractivity contribution in [2.24, 2.45) is 5.92 Å². The molecule has 43 heavy (non-hydrogen) atoms. The lowest BCUT2D eigenvalue weighted by molar-refractivity contribution is -0.117. The van der Waals surface area contributed by atoms with Crippen LogP contribution in [0, 0.1) is 5.92 Å². The van der Waals surface area contributed by atoms with E-state index in [1.54, 1.807) is 7.11 Å². The third kappa shape index (κ3) is 7.54. The minimum absolute atomic E-state index is 0.0506. The van der Waals surface area contributed by atoms with Crippen molar-refractivity contribution in [1.82, 2.24) is 20.3 Å². The standard InChI is InChI=1S/C33H47N5O4Si/c1-23-30(15-10-24-7-5-8-25(21-24)35-33(40)29-9-6-18-34-29)42-31(16-19-38-22-26(17-20-39)36-37-38)32(23)43(3,4)28-13-11-27(41-2)12-14-28/h5,7-8,11-14,21-23,29-32,34,39H,6,9-10,15-20H2,1-4H3,(H,35,40)/t23-,29-,30+,31-,32+/m1/s1. The summed E-state index contributed by atoms with van der Waals surface area (Å²) < 4.78 is 14.2. The minimum atomic E-state index is -1.96. The fourth-order valence-electron chi connectivity index (χ4n) is 7.10. The van der Waals surface area contributed by atoms with Crippen LogP contribution in [0.25, 0.3) is 0 Å². The number of aliphatic hydroxyl groups excluding tert-OH is 1. The van der Waals surface area contributed by atoms with Crippen LogP contribution in [0.2, 0.25) is 18.6 Å². The number of aromatic nitrogens is 3. The van der Waals surface area contributed by atoms with Gasteiger partial charge < -0.3 is 25.2 Å². The van der Waals surface area contributed by atoms with E-state index < -0.39 is 8.07 Å². The Balaban J connectivity index is 1.29. The van der Waals surface area contributed by atoms with Gasteiger partial charge in [-0.1, -0.05) is 54.7 Å². The summed E-state index contributed by atoms with van der Waals surface area (Å²) in [7, 11) is -0.251. The summed E-state index contributed by atoms with van der Waals surface area (Å²) in [5.74, 6) is 1.32. The molecule has 3 heterocycles. The smallest absolute Gasteiger partial charge is 0.241 e. The lowest BCUT2D eigenvalue weighted by Gasteiger charge is -2.36. The molecule has 232 valence electrons. The number of methoxy groups -OCH3 is 1. The second kappa shape index (κ2) is 14.2. The molecule has 5 rings (SSSR count). The molecule has 2 aliphatic heterocycles. The summed E-state index contributed by atoms with van der Waals surface area (Å²) in [5, 5.41) is 25.5. The van der Waals surface area contributed by atoms with E-state index in [1.807, 2.05) is 23.0 Å². The number of aliphatic hydroxyl groups is 1. The van der Waals surface area contributed by atoms with Gasteiger partial charge in [0.15, 0.2) is 0 Å². The molecule has 9 nitrogen and oxygen atoms in total. The summed E-state index contributed by atoms with van der Waals surface area (Å²) in [6, 6.07) is 16.8. The minimum Gasteiger partial charge on any atom is -0.497 e. The van der Waals surface area contributed by atoms with Gasteiger partial charge in [-0.2, -0.15) is 0 Å². The van der Waals surface area contributed by atoms with Crippen LogP contribution in [0.15, 0.2) is 54.7 Å². The molecule has 10 heteroatoms. The summed E-state index contributed by atoms with van der Waals surface area (Å²) in [5.41, 5.74) is 3.30. The molecule has 2 fully saturated rings. The van der Waals surface area contributed by atoms with Crippen molar-refractivity contribution < 1.29 is 19.4 Å². The molecule has 1 aromatic heterocycles. The van der Waals surface area contributed by atoms with Crippen molar-refractivity contribution in [3.8, 4) is 5.75 Å². The number of hydrogen-bond donors (Lipinski definition) is 3. The molecule has 1 amide bonds. The Hall–Kier alpha value is -3.05. The van der Waals surface area contributed by atoms with Gasteiger partial charge >= 0.3 is 0 Å². The van der Waals surface area contributed by atoms with Gasteiger partial charge in [-0.15, -0.1) is 5.10 Å². The van der Waals surface area contributed by atoms with Crippen LogP contribution in [0.5, 0.6) is 5.75 Å². The van der Waals surface area contributed by atoms with Gasteiger partial charge in [-0.3, -0.25) is 9.48 Å². The fraction of sp³-hybridized carbons (Fsp3) is 0.545. The Bertz CT molecular complexity index is 1340. The Morgan fingerprint density at radius 1 is 1.16 bits per heavy atom. The molecular formula is C33H47N5O4Si. The van der Waals surface area contributed by atoms with E-state index in [0.717, 1.165) is 62.3 Å². The van der Waals surface area contributed by atoms with Crippen LogP contribution in [-0.4, -0.2) is 72.6 Å². The zero-order chi connectivity index (χ0) is 30.4. The average Bonchev–Trinajstić information content (AvgIpc) is 3.77. The van der Waals surface area contributed by atoms with Gasteiger partial charge in [-0.25, -0.2) is 0 Å². The highest BCUT2D eigenvalue weighted by Gasteiger charge is 2.50. The molecule has 0 bridgehead atoms. The maximum Gasteiger partial charge on any atom is 0.241 e. The molecule has 2 aliphatic rings. The summed E-state index contributed by atoms with van der Waals surface area (Å²) in [6.07, 6.45) is 7.30. The first kappa shape index (κ1) is 31.4. The molecular weight excluding hydrogens is 558 g/mol. The highest BCUT2D eigenvalue weighted by molar-refractivity contribution is 6.91. The second-order valence-corrected chi connectivity index (χ2v) is 17.3. The number of nitrogens with one attached hydrogen (secondary N) is 2. The van der Waals surface area contributed by atoms with Gasteiger partial charge in [0.2, 0.25) is 5.91 Å². The third-order valence-corrected chi connectivity index (χ3v) is 13.8. The predicted octanol–water partition coefficient (Wildman–Crippen LogP) is 3.92. The first-order valence-electron chi connectivity index (χ1n) is 15.7. The summed E-state index contributed by atoms with van der Waals surface area (Å²) in [6.45, 7) is 9.00. The van der Waals surface area contributed by atoms with E-state index >= 15 is 0 Å². The summed E-state index contributed by atoms with van der Waals surface area (Å²) in [4.78, 5) is 12.6. The van der Waals surface area contributed by atoms with Crippen molar-refractivity contribution in [3.63, 3.8) is 0 Å². The quantitative estimate of drug-likeness (QED) is 0.253. The Kier molecular flexibility index (Phi) is 10.3. The van der Waals surface area contributed by atoms with Crippen LogP contribution in [0.4, 0.5) is 5.69 Å². The van der Waals surface area contributed by atoms with Gasteiger partial charge in [0, 0.05) is 31.5 Å². The predicted molar refractivity (Wildman–Crippen MR) is 172 cm³/mol.